The Hall–Kier alpha value is -3.08. The monoisotopic (exact) mass is 350 g/mol. The van der Waals surface area contributed by atoms with Crippen molar-refractivity contribution in [2.75, 3.05) is 7.11 Å². The van der Waals surface area contributed by atoms with Gasteiger partial charge in [0.25, 0.3) is 0 Å². The van der Waals surface area contributed by atoms with Crippen molar-refractivity contribution in [2.45, 2.75) is 25.8 Å². The number of fused-ring (bicyclic) bond motifs is 1. The minimum absolute atomic E-state index is 0.0613. The molecule has 1 amide bonds. The van der Waals surface area contributed by atoms with Crippen LogP contribution in [0.15, 0.2) is 54.7 Å². The van der Waals surface area contributed by atoms with E-state index < -0.39 is 6.04 Å². The molecule has 0 bridgehead atoms. The predicted molar refractivity (Wildman–Crippen MR) is 101 cm³/mol. The molecule has 2 aromatic carbocycles. The lowest BCUT2D eigenvalue weighted by atomic mass is 9.96. The van der Waals surface area contributed by atoms with E-state index in [9.17, 15) is 9.90 Å². The summed E-state index contributed by atoms with van der Waals surface area (Å²) < 4.78 is 5.21. The van der Waals surface area contributed by atoms with Crippen molar-refractivity contribution >= 4 is 16.8 Å². The maximum absolute atomic E-state index is 12.3. The van der Waals surface area contributed by atoms with Gasteiger partial charge in [-0.25, -0.2) is 0 Å². The number of aromatic hydroxyl groups is 1. The average Bonchev–Trinajstić information content (AvgIpc) is 2.67. The molecule has 0 saturated carbocycles. The molecular weight excluding hydrogens is 328 g/mol. The van der Waals surface area contributed by atoms with Gasteiger partial charge in [0.2, 0.25) is 5.91 Å². The zero-order valence-electron chi connectivity index (χ0n) is 14.9. The number of rotatable bonds is 6. The fourth-order valence-electron chi connectivity index (χ4n) is 2.98. The van der Waals surface area contributed by atoms with Crippen molar-refractivity contribution < 1.29 is 14.6 Å². The number of ether oxygens (including phenoxy) is 1. The number of pyridine rings is 1. The molecule has 0 aliphatic heterocycles. The number of nitrogens with one attached hydrogen (secondary N) is 1. The summed E-state index contributed by atoms with van der Waals surface area (Å²) in [4.78, 5) is 16.5. The van der Waals surface area contributed by atoms with E-state index in [1.165, 1.54) is 0 Å². The normalized spacial score (nSPS) is 11.9. The zero-order chi connectivity index (χ0) is 18.5. The lowest BCUT2D eigenvalue weighted by Gasteiger charge is -2.21. The largest absolute Gasteiger partial charge is 0.505 e. The number of carbonyl (C=O) groups is 1. The van der Waals surface area contributed by atoms with Crippen molar-refractivity contribution in [1.82, 2.24) is 10.3 Å². The minimum Gasteiger partial charge on any atom is -0.505 e. The van der Waals surface area contributed by atoms with Crippen LogP contribution >= 0.6 is 0 Å². The first-order chi connectivity index (χ1) is 12.6. The fourth-order valence-corrected chi connectivity index (χ4v) is 2.98. The molecule has 0 radical (unpaired) electrons. The molecule has 0 aliphatic rings. The van der Waals surface area contributed by atoms with Gasteiger partial charge in [0, 0.05) is 23.6 Å². The molecule has 0 saturated heterocycles. The van der Waals surface area contributed by atoms with Crippen LogP contribution in [0.5, 0.6) is 11.5 Å². The minimum atomic E-state index is -0.466. The van der Waals surface area contributed by atoms with Crippen molar-refractivity contribution in [3.05, 3.63) is 65.9 Å². The summed E-state index contributed by atoms with van der Waals surface area (Å²) in [6, 6.07) is 14.4. The second kappa shape index (κ2) is 7.87. The Morgan fingerprint density at radius 3 is 2.65 bits per heavy atom. The molecule has 5 nitrogen and oxygen atoms in total. The highest BCUT2D eigenvalue weighted by Gasteiger charge is 2.21. The van der Waals surface area contributed by atoms with E-state index >= 15 is 0 Å². The van der Waals surface area contributed by atoms with Gasteiger partial charge in [0.1, 0.15) is 17.0 Å². The van der Waals surface area contributed by atoms with E-state index in [0.717, 1.165) is 23.1 Å². The van der Waals surface area contributed by atoms with Crippen LogP contribution in [-0.2, 0) is 4.79 Å². The molecule has 0 aliphatic carbocycles. The van der Waals surface area contributed by atoms with Gasteiger partial charge in [0.15, 0.2) is 0 Å². The number of aromatic nitrogens is 1. The third-order valence-corrected chi connectivity index (χ3v) is 4.32. The number of methoxy groups -OCH3 is 1. The van der Waals surface area contributed by atoms with E-state index in [4.69, 9.17) is 4.74 Å². The summed E-state index contributed by atoms with van der Waals surface area (Å²) in [5.41, 5.74) is 2.00. The van der Waals surface area contributed by atoms with Crippen LogP contribution in [0.25, 0.3) is 10.9 Å². The number of phenolic OH excluding ortho intramolecular Hbond substituents is 1. The van der Waals surface area contributed by atoms with Crippen LogP contribution in [-0.4, -0.2) is 23.1 Å². The molecule has 1 aromatic heterocycles. The van der Waals surface area contributed by atoms with Gasteiger partial charge in [-0.15, -0.1) is 0 Å². The van der Waals surface area contributed by atoms with Crippen LogP contribution in [0.1, 0.15) is 36.9 Å². The molecule has 3 aromatic rings. The number of amides is 1. The Bertz CT molecular complexity index is 907. The SMILES string of the molecule is CCCC(=O)N[C@H](c1ccc(OC)cc1)c1ccc2cccnc2c1O. The first kappa shape index (κ1) is 17.7. The Morgan fingerprint density at radius 1 is 1.19 bits per heavy atom. The highest BCUT2D eigenvalue weighted by molar-refractivity contribution is 5.86. The summed E-state index contributed by atoms with van der Waals surface area (Å²) in [7, 11) is 1.61. The number of carbonyl (C=O) groups excluding carboxylic acids is 1. The fraction of sp³-hybridized carbons (Fsp3) is 0.238. The lowest BCUT2D eigenvalue weighted by molar-refractivity contribution is -0.121. The van der Waals surface area contributed by atoms with Crippen LogP contribution in [0.3, 0.4) is 0 Å². The van der Waals surface area contributed by atoms with Gasteiger partial charge in [-0.1, -0.05) is 37.3 Å². The van der Waals surface area contributed by atoms with Gasteiger partial charge in [0.05, 0.1) is 13.2 Å². The number of hydrogen-bond acceptors (Lipinski definition) is 4. The molecule has 0 fully saturated rings. The third kappa shape index (κ3) is 3.61. The van der Waals surface area contributed by atoms with Crippen molar-refractivity contribution in [2.24, 2.45) is 0 Å². The van der Waals surface area contributed by atoms with Crippen molar-refractivity contribution in [1.29, 1.82) is 0 Å². The second-order valence-corrected chi connectivity index (χ2v) is 6.10. The molecule has 26 heavy (non-hydrogen) atoms. The van der Waals surface area contributed by atoms with Crippen molar-refractivity contribution in [3.8, 4) is 11.5 Å². The third-order valence-electron chi connectivity index (χ3n) is 4.32. The predicted octanol–water partition coefficient (Wildman–Crippen LogP) is 3.95. The zero-order valence-corrected chi connectivity index (χ0v) is 14.9. The first-order valence-electron chi connectivity index (χ1n) is 8.64. The molecule has 3 rings (SSSR count). The number of hydrogen-bond donors (Lipinski definition) is 2. The molecular formula is C21H22N2O3. The topological polar surface area (TPSA) is 71.5 Å². The number of nitrogens with zero attached hydrogens (tertiary/aromatic N) is 1. The highest BCUT2D eigenvalue weighted by atomic mass is 16.5. The van der Waals surface area contributed by atoms with Gasteiger partial charge < -0.3 is 15.2 Å². The Balaban J connectivity index is 2.07. The maximum Gasteiger partial charge on any atom is 0.220 e. The highest BCUT2D eigenvalue weighted by Crippen LogP contribution is 2.35. The number of benzene rings is 2. The molecule has 1 heterocycles. The Morgan fingerprint density at radius 2 is 1.96 bits per heavy atom. The second-order valence-electron chi connectivity index (χ2n) is 6.10. The standard InChI is InChI=1S/C21H22N2O3/c1-3-5-18(24)23-19(15-7-10-16(26-2)11-8-15)17-12-9-14-6-4-13-22-20(14)21(17)25/h4,6-13,19,25H,3,5H2,1-2H3,(H,23,24)/t19-/m1/s1. The number of phenols is 1. The molecule has 134 valence electrons. The van der Waals surface area contributed by atoms with Crippen LogP contribution in [0.4, 0.5) is 0 Å². The molecule has 2 N–H and O–H groups in total. The summed E-state index contributed by atoms with van der Waals surface area (Å²) in [5.74, 6) is 0.756. The van der Waals surface area contributed by atoms with Gasteiger partial charge in [-0.3, -0.25) is 9.78 Å². The van der Waals surface area contributed by atoms with E-state index in [1.54, 1.807) is 13.3 Å². The van der Waals surface area contributed by atoms with Crippen LogP contribution in [0.2, 0.25) is 0 Å². The van der Waals surface area contributed by atoms with Crippen LogP contribution in [0, 0.1) is 0 Å². The Labute approximate surface area is 152 Å². The maximum atomic E-state index is 12.3. The molecule has 0 unspecified atom stereocenters. The molecule has 5 heteroatoms. The van der Waals surface area contributed by atoms with E-state index in [-0.39, 0.29) is 11.7 Å². The van der Waals surface area contributed by atoms with Gasteiger partial charge in [-0.05, 0) is 30.2 Å². The van der Waals surface area contributed by atoms with E-state index in [0.29, 0.717) is 17.5 Å². The first-order valence-corrected chi connectivity index (χ1v) is 8.64. The average molecular weight is 350 g/mol. The summed E-state index contributed by atoms with van der Waals surface area (Å²) in [6.45, 7) is 1.96. The van der Waals surface area contributed by atoms with Crippen molar-refractivity contribution in [3.63, 3.8) is 0 Å². The summed E-state index contributed by atoms with van der Waals surface area (Å²) in [6.07, 6.45) is 2.83. The van der Waals surface area contributed by atoms with Crippen LogP contribution < -0.4 is 10.1 Å². The van der Waals surface area contributed by atoms with Gasteiger partial charge in [-0.2, -0.15) is 0 Å². The smallest absolute Gasteiger partial charge is 0.220 e. The molecule has 0 spiro atoms. The quantitative estimate of drug-likeness (QED) is 0.706. The van der Waals surface area contributed by atoms with E-state index in [2.05, 4.69) is 10.3 Å². The van der Waals surface area contributed by atoms with E-state index in [1.807, 2.05) is 55.5 Å². The summed E-state index contributed by atoms with van der Waals surface area (Å²) >= 11 is 0. The molecule has 1 atom stereocenters. The lowest BCUT2D eigenvalue weighted by Crippen LogP contribution is -2.29. The Kier molecular flexibility index (Phi) is 5.37. The summed E-state index contributed by atoms with van der Waals surface area (Å²) in [5, 5.41) is 14.7. The van der Waals surface area contributed by atoms with Gasteiger partial charge >= 0.3 is 0 Å².